The van der Waals surface area contributed by atoms with Crippen molar-refractivity contribution in [2.24, 2.45) is 0 Å². The molecule has 2 heterocycles. The molecule has 0 spiro atoms. The van der Waals surface area contributed by atoms with Gasteiger partial charge in [0.1, 0.15) is 6.61 Å². The first-order valence-corrected chi connectivity index (χ1v) is 3.66. The number of cyclic esters (lactones) is 1. The number of esters is 1. The molecule has 0 fully saturated rings. The van der Waals surface area contributed by atoms with Crippen LogP contribution in [0.15, 0.2) is 45.8 Å². The Bertz CT molecular complexity index is 333. The van der Waals surface area contributed by atoms with E-state index in [0.29, 0.717) is 6.61 Å². The fourth-order valence-corrected chi connectivity index (χ4v) is 0.648. The third-order valence-electron chi connectivity index (χ3n) is 1.18. The molecule has 0 N–H and O–H groups in total. The van der Waals surface area contributed by atoms with E-state index in [4.69, 9.17) is 0 Å². The lowest BCUT2D eigenvalue weighted by molar-refractivity contribution is -0.134. The molecule has 0 aliphatic carbocycles. The molecule has 4 nitrogen and oxygen atoms in total. The van der Waals surface area contributed by atoms with E-state index >= 15 is 0 Å². The summed E-state index contributed by atoms with van der Waals surface area (Å²) in [5, 5.41) is 0. The maximum absolute atomic E-state index is 10.1. The molecule has 0 atom stereocenters. The maximum Gasteiger partial charge on any atom is 0.335 e. The van der Waals surface area contributed by atoms with E-state index in [2.05, 4.69) is 9.15 Å². The predicted octanol–water partition coefficient (Wildman–Crippen LogP) is 0.739. The first kappa shape index (κ1) is 9.25. The minimum absolute atomic E-state index is 0.227. The summed E-state index contributed by atoms with van der Waals surface area (Å²) in [5.41, 5.74) is -0.303. The van der Waals surface area contributed by atoms with Gasteiger partial charge in [0, 0.05) is 12.1 Å². The molecule has 1 aromatic heterocycles. The summed E-state index contributed by atoms with van der Waals surface area (Å²) in [4.78, 5) is 20.0. The van der Waals surface area contributed by atoms with E-state index < -0.39 is 0 Å². The normalized spacial score (nSPS) is 13.1. The molecule has 13 heavy (non-hydrogen) atoms. The molecule has 2 rings (SSSR count). The average Bonchev–Trinajstić information content (AvgIpc) is 2.58. The Balaban J connectivity index is 0.000000132. The third kappa shape index (κ3) is 3.91. The highest BCUT2D eigenvalue weighted by Crippen LogP contribution is 1.89. The van der Waals surface area contributed by atoms with Gasteiger partial charge in [0.2, 0.25) is 0 Å². The van der Waals surface area contributed by atoms with Crippen LogP contribution in [0.3, 0.4) is 0 Å². The number of hydrogen-bond acceptors (Lipinski definition) is 4. The summed E-state index contributed by atoms with van der Waals surface area (Å²) in [6.07, 6.45) is 4.45. The first-order chi connectivity index (χ1) is 6.29. The van der Waals surface area contributed by atoms with Crippen molar-refractivity contribution < 1.29 is 13.9 Å². The minimum atomic E-state index is -0.303. The second-order valence-electron chi connectivity index (χ2n) is 2.16. The van der Waals surface area contributed by atoms with Gasteiger partial charge in [-0.25, -0.2) is 9.59 Å². The lowest BCUT2D eigenvalue weighted by atomic mass is 10.5. The molecule has 0 saturated heterocycles. The van der Waals surface area contributed by atoms with Gasteiger partial charge in [-0.05, 0) is 12.1 Å². The lowest BCUT2D eigenvalue weighted by Gasteiger charge is -1.81. The van der Waals surface area contributed by atoms with Crippen molar-refractivity contribution in [1.29, 1.82) is 0 Å². The fraction of sp³-hybridized carbons (Fsp3) is 0.111. The molecule has 0 bridgehead atoms. The van der Waals surface area contributed by atoms with E-state index in [1.165, 1.54) is 18.4 Å². The number of rotatable bonds is 0. The molecule has 0 saturated carbocycles. The lowest BCUT2D eigenvalue weighted by Crippen LogP contribution is -1.90. The third-order valence-corrected chi connectivity index (χ3v) is 1.18. The van der Waals surface area contributed by atoms with Gasteiger partial charge in [-0.3, -0.25) is 0 Å². The van der Waals surface area contributed by atoms with Crippen molar-refractivity contribution in [3.63, 3.8) is 0 Å². The van der Waals surface area contributed by atoms with Gasteiger partial charge in [0.05, 0.1) is 6.26 Å². The molecule has 68 valence electrons. The predicted molar refractivity (Wildman–Crippen MR) is 45.1 cm³/mol. The Morgan fingerprint density at radius 2 is 2.08 bits per heavy atom. The fourth-order valence-electron chi connectivity index (χ4n) is 0.648. The van der Waals surface area contributed by atoms with Gasteiger partial charge in [0.15, 0.2) is 0 Å². The van der Waals surface area contributed by atoms with Crippen LogP contribution in [0.5, 0.6) is 0 Å². The number of carbonyl (C=O) groups excluding carboxylic acids is 1. The summed E-state index contributed by atoms with van der Waals surface area (Å²) in [5.74, 6) is -0.227. The Morgan fingerprint density at radius 3 is 2.31 bits per heavy atom. The largest absolute Gasteiger partial charge is 0.458 e. The summed E-state index contributed by atoms with van der Waals surface area (Å²) >= 11 is 0. The van der Waals surface area contributed by atoms with Crippen LogP contribution >= 0.6 is 0 Å². The number of hydrogen-bond donors (Lipinski definition) is 0. The van der Waals surface area contributed by atoms with Crippen LogP contribution in [-0.4, -0.2) is 12.6 Å². The molecule has 1 aliphatic rings. The summed E-state index contributed by atoms with van der Waals surface area (Å²) in [6, 6.07) is 4.65. The Hall–Kier alpha value is -1.84. The van der Waals surface area contributed by atoms with E-state index in [-0.39, 0.29) is 11.6 Å². The summed E-state index contributed by atoms with van der Waals surface area (Å²) in [7, 11) is 0. The number of carbonyl (C=O) groups is 1. The Kier molecular flexibility index (Phi) is 3.50. The smallest absolute Gasteiger partial charge is 0.335 e. The monoisotopic (exact) mass is 180 g/mol. The molecular formula is C9H8O4. The van der Waals surface area contributed by atoms with Crippen molar-refractivity contribution in [3.8, 4) is 0 Å². The van der Waals surface area contributed by atoms with Crippen LogP contribution in [0.2, 0.25) is 0 Å². The van der Waals surface area contributed by atoms with Crippen LogP contribution in [-0.2, 0) is 9.53 Å². The first-order valence-electron chi connectivity index (χ1n) is 3.66. The minimum Gasteiger partial charge on any atom is -0.458 e. The second kappa shape index (κ2) is 4.92. The quantitative estimate of drug-likeness (QED) is 0.552. The van der Waals surface area contributed by atoms with Crippen molar-refractivity contribution in [2.75, 3.05) is 6.61 Å². The standard InChI is InChI=1S/C5H4O2.C4H4O2/c6-5-3-1-2-4-7-5;5-4-2-1-3-6-4/h1-4H;1-2H,3H2. The molecule has 0 aromatic carbocycles. The zero-order valence-electron chi connectivity index (χ0n) is 6.80. The highest BCUT2D eigenvalue weighted by atomic mass is 16.5. The summed E-state index contributed by atoms with van der Waals surface area (Å²) in [6.45, 7) is 0.457. The molecule has 1 aliphatic heterocycles. The SMILES string of the molecule is O=C1C=CCO1.O=c1cccco1. The summed E-state index contributed by atoms with van der Waals surface area (Å²) < 4.78 is 8.77. The highest BCUT2D eigenvalue weighted by molar-refractivity contribution is 5.83. The van der Waals surface area contributed by atoms with Gasteiger partial charge in [0.25, 0.3) is 0 Å². The van der Waals surface area contributed by atoms with Gasteiger partial charge in [-0.1, -0.05) is 6.07 Å². The Morgan fingerprint density at radius 1 is 1.23 bits per heavy atom. The number of ether oxygens (including phenoxy) is 1. The van der Waals surface area contributed by atoms with Crippen LogP contribution in [0.1, 0.15) is 0 Å². The molecule has 1 aromatic rings. The maximum atomic E-state index is 10.1. The van der Waals surface area contributed by atoms with Crippen molar-refractivity contribution in [1.82, 2.24) is 0 Å². The van der Waals surface area contributed by atoms with E-state index in [1.807, 2.05) is 0 Å². The van der Waals surface area contributed by atoms with Crippen LogP contribution in [0.4, 0.5) is 0 Å². The highest BCUT2D eigenvalue weighted by Gasteiger charge is 1.98. The van der Waals surface area contributed by atoms with E-state index in [1.54, 1.807) is 18.2 Å². The van der Waals surface area contributed by atoms with Gasteiger partial charge < -0.3 is 9.15 Å². The zero-order valence-corrected chi connectivity index (χ0v) is 6.80. The van der Waals surface area contributed by atoms with Crippen LogP contribution in [0.25, 0.3) is 0 Å². The van der Waals surface area contributed by atoms with Gasteiger partial charge >= 0.3 is 11.6 Å². The molecular weight excluding hydrogens is 172 g/mol. The average molecular weight is 180 g/mol. The van der Waals surface area contributed by atoms with Gasteiger partial charge in [-0.2, -0.15) is 0 Å². The topological polar surface area (TPSA) is 56.5 Å². The Labute approximate surface area is 74.4 Å². The van der Waals surface area contributed by atoms with Crippen molar-refractivity contribution in [3.05, 3.63) is 47.0 Å². The van der Waals surface area contributed by atoms with E-state index in [9.17, 15) is 9.59 Å². The molecule has 0 unspecified atom stereocenters. The second-order valence-corrected chi connectivity index (χ2v) is 2.16. The molecule has 0 amide bonds. The van der Waals surface area contributed by atoms with Crippen LogP contribution < -0.4 is 5.63 Å². The van der Waals surface area contributed by atoms with E-state index in [0.717, 1.165) is 0 Å². The zero-order chi connectivity index (χ0) is 9.52. The van der Waals surface area contributed by atoms with Crippen LogP contribution in [0, 0.1) is 0 Å². The molecule has 4 heteroatoms. The molecule has 0 radical (unpaired) electrons. The van der Waals surface area contributed by atoms with Gasteiger partial charge in [-0.15, -0.1) is 0 Å². The van der Waals surface area contributed by atoms with Crippen molar-refractivity contribution >= 4 is 5.97 Å². The van der Waals surface area contributed by atoms with Crippen molar-refractivity contribution in [2.45, 2.75) is 0 Å².